The van der Waals surface area contributed by atoms with Crippen molar-refractivity contribution < 1.29 is 5.11 Å². The zero-order valence-electron chi connectivity index (χ0n) is 11.9. The molecule has 22 heavy (non-hydrogen) atoms. The molecule has 0 fully saturated rings. The molecule has 1 aromatic heterocycles. The fourth-order valence-corrected chi connectivity index (χ4v) is 2.68. The van der Waals surface area contributed by atoms with Crippen LogP contribution in [0.5, 0.6) is 5.88 Å². The van der Waals surface area contributed by atoms with Crippen molar-refractivity contribution in [1.82, 2.24) is 9.13 Å². The molecule has 0 spiro atoms. The maximum absolute atomic E-state index is 12.2. The first-order chi connectivity index (χ1) is 10.4. The fraction of sp³-hybridized carbons (Fsp3) is 0.133. The van der Waals surface area contributed by atoms with Crippen molar-refractivity contribution >= 4 is 39.5 Å². The Morgan fingerprint density at radius 2 is 1.95 bits per heavy atom. The predicted molar refractivity (Wildman–Crippen MR) is 88.8 cm³/mol. The van der Waals surface area contributed by atoms with Gasteiger partial charge in [0.1, 0.15) is 5.56 Å². The van der Waals surface area contributed by atoms with Crippen LogP contribution >= 0.6 is 15.9 Å². The molecule has 0 radical (unpaired) electrons. The van der Waals surface area contributed by atoms with Crippen LogP contribution in [0.15, 0.2) is 37.3 Å². The first kappa shape index (κ1) is 14.5. The maximum atomic E-state index is 12.2. The zero-order valence-corrected chi connectivity index (χ0v) is 13.5. The number of aliphatic imine (C=N–C) groups is 1. The fourth-order valence-electron chi connectivity index (χ4n) is 2.32. The highest BCUT2D eigenvalue weighted by Crippen LogP contribution is 2.34. The first-order valence-electron chi connectivity index (χ1n) is 6.45. The highest BCUT2D eigenvalue weighted by atomic mass is 79.9. The van der Waals surface area contributed by atoms with E-state index >= 15 is 0 Å². The van der Waals surface area contributed by atoms with Gasteiger partial charge in [-0.25, -0.2) is 4.79 Å². The van der Waals surface area contributed by atoms with E-state index in [1.54, 1.807) is 12.3 Å². The van der Waals surface area contributed by atoms with Crippen LogP contribution in [0, 0.1) is 0 Å². The molecule has 3 rings (SSSR count). The lowest BCUT2D eigenvalue weighted by Crippen LogP contribution is -2.37. The number of benzene rings is 1. The third-order valence-corrected chi connectivity index (χ3v) is 4.07. The molecule has 1 aliphatic heterocycles. The van der Waals surface area contributed by atoms with Gasteiger partial charge in [-0.3, -0.25) is 18.9 Å². The van der Waals surface area contributed by atoms with E-state index in [1.807, 2.05) is 18.2 Å². The summed E-state index contributed by atoms with van der Waals surface area (Å²) in [7, 11) is 2.78. The summed E-state index contributed by atoms with van der Waals surface area (Å²) in [5, 5.41) is 10.1. The lowest BCUT2D eigenvalue weighted by atomic mass is 10.1. The maximum Gasteiger partial charge on any atom is 0.333 e. The summed E-state index contributed by atoms with van der Waals surface area (Å²) in [6.45, 7) is 0. The molecule has 1 N–H and O–H groups in total. The van der Waals surface area contributed by atoms with Gasteiger partial charge in [0.15, 0.2) is 0 Å². The van der Waals surface area contributed by atoms with Gasteiger partial charge in [-0.1, -0.05) is 15.9 Å². The Labute approximate surface area is 133 Å². The number of halogens is 1. The summed E-state index contributed by atoms with van der Waals surface area (Å²) < 4.78 is 2.88. The highest BCUT2D eigenvalue weighted by molar-refractivity contribution is 9.10. The summed E-state index contributed by atoms with van der Waals surface area (Å²) in [4.78, 5) is 28.2. The number of fused-ring (bicyclic) bond motifs is 1. The van der Waals surface area contributed by atoms with Crippen LogP contribution < -0.4 is 11.2 Å². The van der Waals surface area contributed by atoms with Crippen LogP contribution in [0.3, 0.4) is 0 Å². The number of rotatable bonds is 1. The molecular weight excluding hydrogens is 350 g/mol. The number of aromatic nitrogens is 2. The van der Waals surface area contributed by atoms with Crippen LogP contribution in [0.25, 0.3) is 11.6 Å². The molecule has 0 unspecified atom stereocenters. The highest BCUT2D eigenvalue weighted by Gasteiger charge is 2.17. The Hall–Kier alpha value is -2.41. The third kappa shape index (κ3) is 2.14. The quantitative estimate of drug-likeness (QED) is 0.841. The largest absolute Gasteiger partial charge is 0.494 e. The van der Waals surface area contributed by atoms with Gasteiger partial charge in [-0.15, -0.1) is 0 Å². The number of hydrogen-bond acceptors (Lipinski definition) is 4. The normalized spacial score (nSPS) is 14.6. The van der Waals surface area contributed by atoms with Gasteiger partial charge in [-0.2, -0.15) is 0 Å². The molecule has 0 aliphatic carbocycles. The molecule has 2 heterocycles. The Balaban J connectivity index is 2.26. The monoisotopic (exact) mass is 361 g/mol. The minimum absolute atomic E-state index is 0.0545. The molecule has 0 bridgehead atoms. The van der Waals surface area contributed by atoms with Crippen molar-refractivity contribution in [2.45, 2.75) is 0 Å². The topological polar surface area (TPSA) is 76.6 Å². The van der Waals surface area contributed by atoms with Gasteiger partial charge < -0.3 is 5.11 Å². The minimum atomic E-state index is -0.576. The lowest BCUT2D eigenvalue weighted by Gasteiger charge is -2.08. The van der Waals surface area contributed by atoms with Gasteiger partial charge >= 0.3 is 5.69 Å². The summed E-state index contributed by atoms with van der Waals surface area (Å²) in [6.07, 6.45) is 3.17. The van der Waals surface area contributed by atoms with E-state index in [4.69, 9.17) is 0 Å². The van der Waals surface area contributed by atoms with Crippen LogP contribution in [-0.4, -0.2) is 20.5 Å². The van der Waals surface area contributed by atoms with Gasteiger partial charge in [0.2, 0.25) is 5.88 Å². The van der Waals surface area contributed by atoms with E-state index in [0.717, 1.165) is 24.9 Å². The van der Waals surface area contributed by atoms with Crippen LogP contribution in [-0.2, 0) is 14.1 Å². The van der Waals surface area contributed by atoms with Gasteiger partial charge in [0.05, 0.1) is 5.69 Å². The molecule has 0 atom stereocenters. The SMILES string of the molecule is Cn1c(O)c(C=C2C=Nc3ccc(Br)cc32)c(=O)n(C)c1=O. The Morgan fingerprint density at radius 3 is 2.68 bits per heavy atom. The molecule has 6 nitrogen and oxygen atoms in total. The van der Waals surface area contributed by atoms with E-state index in [0.29, 0.717) is 5.57 Å². The second-order valence-corrected chi connectivity index (χ2v) is 5.88. The van der Waals surface area contributed by atoms with Crippen molar-refractivity contribution in [3.63, 3.8) is 0 Å². The van der Waals surface area contributed by atoms with Crippen LogP contribution in [0.4, 0.5) is 5.69 Å². The van der Waals surface area contributed by atoms with Crippen LogP contribution in [0.2, 0.25) is 0 Å². The predicted octanol–water partition coefficient (Wildman–Crippen LogP) is 1.81. The number of allylic oxidation sites excluding steroid dienone is 1. The first-order valence-corrected chi connectivity index (χ1v) is 7.24. The summed E-state index contributed by atoms with van der Waals surface area (Å²) >= 11 is 3.40. The Morgan fingerprint density at radius 1 is 1.23 bits per heavy atom. The van der Waals surface area contributed by atoms with E-state index in [9.17, 15) is 14.7 Å². The molecule has 0 saturated heterocycles. The van der Waals surface area contributed by atoms with Crippen molar-refractivity contribution in [1.29, 1.82) is 0 Å². The molecule has 0 saturated carbocycles. The molecule has 1 aromatic carbocycles. The number of nitrogens with zero attached hydrogens (tertiary/aromatic N) is 3. The Kier molecular flexibility index (Phi) is 3.37. The average Bonchev–Trinajstić information content (AvgIpc) is 2.90. The average molecular weight is 362 g/mol. The molecular formula is C15H12BrN3O3. The third-order valence-electron chi connectivity index (χ3n) is 3.58. The van der Waals surface area contributed by atoms with Gasteiger partial charge in [0, 0.05) is 35.9 Å². The van der Waals surface area contributed by atoms with Crippen molar-refractivity contribution in [3.8, 4) is 5.88 Å². The van der Waals surface area contributed by atoms with Crippen molar-refractivity contribution in [2.24, 2.45) is 19.1 Å². The van der Waals surface area contributed by atoms with E-state index < -0.39 is 11.2 Å². The second-order valence-electron chi connectivity index (χ2n) is 4.96. The minimum Gasteiger partial charge on any atom is -0.494 e. The Bertz CT molecular complexity index is 967. The summed E-state index contributed by atoms with van der Waals surface area (Å²) in [6, 6.07) is 5.62. The zero-order chi connectivity index (χ0) is 16.0. The van der Waals surface area contributed by atoms with Crippen molar-refractivity contribution in [3.05, 3.63) is 54.6 Å². The number of aromatic hydroxyl groups is 1. The molecule has 2 aromatic rings. The second kappa shape index (κ2) is 5.10. The number of hydrogen-bond donors (Lipinski definition) is 1. The van der Waals surface area contributed by atoms with Gasteiger partial charge in [0.25, 0.3) is 5.56 Å². The van der Waals surface area contributed by atoms with Gasteiger partial charge in [-0.05, 0) is 24.3 Å². The molecule has 112 valence electrons. The van der Waals surface area contributed by atoms with Crippen LogP contribution in [0.1, 0.15) is 11.1 Å². The van der Waals surface area contributed by atoms with Crippen molar-refractivity contribution in [2.75, 3.05) is 0 Å². The smallest absolute Gasteiger partial charge is 0.333 e. The molecule has 1 aliphatic rings. The standard InChI is InChI=1S/C15H12BrN3O3/c1-18-13(20)11(14(21)19(2)15(18)22)5-8-7-17-12-4-3-9(16)6-10(8)12/h3-7,20H,1-2H3. The van der Waals surface area contributed by atoms with E-state index in [1.165, 1.54) is 14.1 Å². The molecule has 7 heteroatoms. The molecule has 0 amide bonds. The summed E-state index contributed by atoms with van der Waals surface area (Å²) in [5.74, 6) is -0.363. The summed E-state index contributed by atoms with van der Waals surface area (Å²) in [5.41, 5.74) is 1.26. The van der Waals surface area contributed by atoms with E-state index in [-0.39, 0.29) is 11.4 Å². The van der Waals surface area contributed by atoms with E-state index in [2.05, 4.69) is 20.9 Å². The lowest BCUT2D eigenvalue weighted by molar-refractivity contribution is 0.410.